The topological polar surface area (TPSA) is 58.4 Å². The highest BCUT2D eigenvalue weighted by Crippen LogP contribution is 2.32. The Morgan fingerprint density at radius 1 is 1.63 bits per heavy atom. The Kier molecular flexibility index (Phi) is 4.58. The molecule has 1 unspecified atom stereocenters. The molecule has 106 valence electrons. The molecule has 1 aliphatic heterocycles. The number of rotatable bonds is 5. The highest BCUT2D eigenvalue weighted by Gasteiger charge is 2.32. The summed E-state index contributed by atoms with van der Waals surface area (Å²) in [6.07, 6.45) is 2.55. The SMILES string of the molecule is Cc1cc(C2CCCN2C(=O)CCNC(C)C)on1. The van der Waals surface area contributed by atoms with Gasteiger partial charge in [0, 0.05) is 31.6 Å². The highest BCUT2D eigenvalue weighted by molar-refractivity contribution is 5.77. The van der Waals surface area contributed by atoms with Crippen LogP contribution in [-0.2, 0) is 4.79 Å². The van der Waals surface area contributed by atoms with Crippen molar-refractivity contribution in [2.75, 3.05) is 13.1 Å². The Morgan fingerprint density at radius 3 is 3.05 bits per heavy atom. The number of hydrogen-bond acceptors (Lipinski definition) is 4. The van der Waals surface area contributed by atoms with E-state index in [-0.39, 0.29) is 11.9 Å². The van der Waals surface area contributed by atoms with E-state index in [0.717, 1.165) is 37.4 Å². The quantitative estimate of drug-likeness (QED) is 0.885. The second kappa shape index (κ2) is 6.19. The van der Waals surface area contributed by atoms with E-state index in [9.17, 15) is 4.79 Å². The number of nitrogens with one attached hydrogen (secondary N) is 1. The maximum Gasteiger partial charge on any atom is 0.224 e. The maximum absolute atomic E-state index is 12.2. The molecule has 1 N–H and O–H groups in total. The van der Waals surface area contributed by atoms with Crippen LogP contribution in [0.5, 0.6) is 0 Å². The third-order valence-electron chi connectivity index (χ3n) is 3.44. The van der Waals surface area contributed by atoms with Crippen molar-refractivity contribution in [3.05, 3.63) is 17.5 Å². The number of aromatic nitrogens is 1. The van der Waals surface area contributed by atoms with Crippen LogP contribution in [0.25, 0.3) is 0 Å². The molecule has 0 aromatic carbocycles. The number of amides is 1. The van der Waals surface area contributed by atoms with Gasteiger partial charge in [0.2, 0.25) is 5.91 Å². The fraction of sp³-hybridized carbons (Fsp3) is 0.714. The second-order valence-corrected chi connectivity index (χ2v) is 5.47. The molecule has 1 aromatic rings. The summed E-state index contributed by atoms with van der Waals surface area (Å²) >= 11 is 0. The van der Waals surface area contributed by atoms with Crippen molar-refractivity contribution < 1.29 is 9.32 Å². The van der Waals surface area contributed by atoms with E-state index in [2.05, 4.69) is 24.3 Å². The summed E-state index contributed by atoms with van der Waals surface area (Å²) in [7, 11) is 0. The van der Waals surface area contributed by atoms with Crippen LogP contribution >= 0.6 is 0 Å². The van der Waals surface area contributed by atoms with Crippen molar-refractivity contribution >= 4 is 5.91 Å². The second-order valence-electron chi connectivity index (χ2n) is 5.47. The van der Waals surface area contributed by atoms with Crippen molar-refractivity contribution in [1.29, 1.82) is 0 Å². The van der Waals surface area contributed by atoms with Crippen molar-refractivity contribution in [1.82, 2.24) is 15.4 Å². The minimum atomic E-state index is 0.0766. The van der Waals surface area contributed by atoms with Gasteiger partial charge in [-0.2, -0.15) is 0 Å². The van der Waals surface area contributed by atoms with E-state index >= 15 is 0 Å². The first-order chi connectivity index (χ1) is 9.08. The molecule has 0 radical (unpaired) electrons. The lowest BCUT2D eigenvalue weighted by atomic mass is 10.1. The number of likely N-dealkylation sites (tertiary alicyclic amines) is 1. The van der Waals surface area contributed by atoms with Crippen molar-refractivity contribution in [3.8, 4) is 0 Å². The molecule has 0 aliphatic carbocycles. The first-order valence-corrected chi connectivity index (χ1v) is 7.04. The summed E-state index contributed by atoms with van der Waals surface area (Å²) in [5.41, 5.74) is 0.871. The van der Waals surface area contributed by atoms with Crippen LogP contribution in [0.2, 0.25) is 0 Å². The van der Waals surface area contributed by atoms with Crippen LogP contribution in [0.15, 0.2) is 10.6 Å². The molecule has 1 fully saturated rings. The molecule has 1 aromatic heterocycles. The molecular weight excluding hydrogens is 242 g/mol. The van der Waals surface area contributed by atoms with E-state index in [0.29, 0.717) is 12.5 Å². The Balaban J connectivity index is 1.93. The number of carbonyl (C=O) groups excluding carboxylic acids is 1. The maximum atomic E-state index is 12.2. The number of carbonyl (C=O) groups is 1. The molecule has 1 atom stereocenters. The zero-order chi connectivity index (χ0) is 13.8. The molecule has 0 spiro atoms. The fourth-order valence-electron chi connectivity index (χ4n) is 2.51. The minimum Gasteiger partial charge on any atom is -0.359 e. The van der Waals surface area contributed by atoms with Gasteiger partial charge in [0.15, 0.2) is 5.76 Å². The van der Waals surface area contributed by atoms with Crippen molar-refractivity contribution in [2.24, 2.45) is 0 Å². The monoisotopic (exact) mass is 265 g/mol. The lowest BCUT2D eigenvalue weighted by Crippen LogP contribution is -2.34. The first kappa shape index (κ1) is 14.1. The van der Waals surface area contributed by atoms with Crippen LogP contribution in [0.3, 0.4) is 0 Å². The van der Waals surface area contributed by atoms with E-state index < -0.39 is 0 Å². The van der Waals surface area contributed by atoms with Crippen LogP contribution in [0.1, 0.15) is 50.6 Å². The summed E-state index contributed by atoms with van der Waals surface area (Å²) in [5.74, 6) is 1.02. The molecule has 0 bridgehead atoms. The van der Waals surface area contributed by atoms with Crippen LogP contribution in [0.4, 0.5) is 0 Å². The van der Waals surface area contributed by atoms with Crippen molar-refractivity contribution in [2.45, 2.75) is 52.1 Å². The number of hydrogen-bond donors (Lipinski definition) is 1. The molecule has 1 aliphatic rings. The Bertz CT molecular complexity index is 428. The smallest absolute Gasteiger partial charge is 0.224 e. The predicted octanol–water partition coefficient (Wildman–Crippen LogP) is 2.03. The summed E-state index contributed by atoms with van der Waals surface area (Å²) < 4.78 is 5.31. The van der Waals surface area contributed by atoms with Gasteiger partial charge in [0.1, 0.15) is 0 Å². The van der Waals surface area contributed by atoms with Gasteiger partial charge in [-0.1, -0.05) is 19.0 Å². The van der Waals surface area contributed by atoms with Gasteiger partial charge in [-0.25, -0.2) is 0 Å². The van der Waals surface area contributed by atoms with Crippen LogP contribution in [0, 0.1) is 6.92 Å². The zero-order valence-corrected chi connectivity index (χ0v) is 12.0. The van der Waals surface area contributed by atoms with Crippen LogP contribution in [-0.4, -0.2) is 35.1 Å². The van der Waals surface area contributed by atoms with Gasteiger partial charge in [-0.3, -0.25) is 4.79 Å². The highest BCUT2D eigenvalue weighted by atomic mass is 16.5. The van der Waals surface area contributed by atoms with E-state index in [1.54, 1.807) is 0 Å². The summed E-state index contributed by atoms with van der Waals surface area (Å²) in [4.78, 5) is 14.2. The standard InChI is InChI=1S/C14H23N3O2/c1-10(2)15-7-6-14(18)17-8-4-5-12(17)13-9-11(3)16-19-13/h9-10,12,15H,4-8H2,1-3H3. The summed E-state index contributed by atoms with van der Waals surface area (Å²) in [6, 6.07) is 2.43. The first-order valence-electron chi connectivity index (χ1n) is 7.04. The molecule has 5 heteroatoms. The third-order valence-corrected chi connectivity index (χ3v) is 3.44. The number of nitrogens with zero attached hydrogens (tertiary/aromatic N) is 2. The van der Waals surface area contributed by atoms with Gasteiger partial charge in [0.25, 0.3) is 0 Å². The van der Waals surface area contributed by atoms with Crippen molar-refractivity contribution in [3.63, 3.8) is 0 Å². The summed E-state index contributed by atoms with van der Waals surface area (Å²) in [5, 5.41) is 7.19. The minimum absolute atomic E-state index is 0.0766. The van der Waals surface area contributed by atoms with Gasteiger partial charge in [-0.15, -0.1) is 0 Å². The van der Waals surface area contributed by atoms with Crippen LogP contribution < -0.4 is 5.32 Å². The molecule has 2 heterocycles. The van der Waals surface area contributed by atoms with Gasteiger partial charge in [-0.05, 0) is 19.8 Å². The molecule has 2 rings (SSSR count). The Morgan fingerprint density at radius 2 is 2.42 bits per heavy atom. The van der Waals surface area contributed by atoms with E-state index in [4.69, 9.17) is 4.52 Å². The third kappa shape index (κ3) is 3.56. The zero-order valence-electron chi connectivity index (χ0n) is 12.0. The largest absolute Gasteiger partial charge is 0.359 e. The van der Waals surface area contributed by atoms with Gasteiger partial charge >= 0.3 is 0 Å². The molecule has 1 saturated heterocycles. The molecular formula is C14H23N3O2. The number of aryl methyl sites for hydroxylation is 1. The van der Waals surface area contributed by atoms with Gasteiger partial charge < -0.3 is 14.7 Å². The van der Waals surface area contributed by atoms with E-state index in [1.165, 1.54) is 0 Å². The van der Waals surface area contributed by atoms with Gasteiger partial charge in [0.05, 0.1) is 11.7 Å². The Hall–Kier alpha value is -1.36. The van der Waals surface area contributed by atoms with E-state index in [1.807, 2.05) is 17.9 Å². The summed E-state index contributed by atoms with van der Waals surface area (Å²) in [6.45, 7) is 7.63. The molecule has 0 saturated carbocycles. The molecule has 1 amide bonds. The lowest BCUT2D eigenvalue weighted by molar-refractivity contribution is -0.132. The normalized spacial score (nSPS) is 19.4. The molecule has 5 nitrogen and oxygen atoms in total. The Labute approximate surface area is 114 Å². The molecule has 19 heavy (non-hydrogen) atoms. The average molecular weight is 265 g/mol. The average Bonchev–Trinajstić information content (AvgIpc) is 2.96. The fourth-order valence-corrected chi connectivity index (χ4v) is 2.51. The predicted molar refractivity (Wildman–Crippen MR) is 72.7 cm³/mol. The lowest BCUT2D eigenvalue weighted by Gasteiger charge is -2.23.